The summed E-state index contributed by atoms with van der Waals surface area (Å²) < 4.78 is 34.0. The van der Waals surface area contributed by atoms with E-state index in [0.717, 1.165) is 0 Å². The SMILES string of the molecule is C/C(=C/[C@@H]1CCC(=O)N1OS(=O)(=O)O)[C@H](N)C(N)=O. The topological polar surface area (TPSA) is 153 Å². The molecule has 0 bridgehead atoms. The molecule has 108 valence electrons. The molecule has 0 spiro atoms. The molecule has 0 aromatic heterocycles. The van der Waals surface area contributed by atoms with Crippen molar-refractivity contribution in [3.8, 4) is 0 Å². The second-order valence-corrected chi connectivity index (χ2v) is 5.12. The minimum atomic E-state index is -4.79. The van der Waals surface area contributed by atoms with Crippen LogP contribution in [0.2, 0.25) is 0 Å². The second-order valence-electron chi connectivity index (χ2n) is 4.12. The lowest BCUT2D eigenvalue weighted by Gasteiger charge is -2.20. The summed E-state index contributed by atoms with van der Waals surface area (Å²) in [5, 5.41) is 0.534. The number of rotatable bonds is 5. The Bertz CT molecular complexity index is 514. The van der Waals surface area contributed by atoms with Crippen LogP contribution in [-0.2, 0) is 24.3 Å². The molecule has 0 saturated carbocycles. The minimum Gasteiger partial charge on any atom is -0.368 e. The molecule has 2 amide bonds. The van der Waals surface area contributed by atoms with Crippen molar-refractivity contribution in [1.82, 2.24) is 5.06 Å². The largest absolute Gasteiger partial charge is 0.418 e. The van der Waals surface area contributed by atoms with Gasteiger partial charge < -0.3 is 11.5 Å². The number of amides is 2. The third kappa shape index (κ3) is 4.28. The number of nitrogens with two attached hydrogens (primary N) is 2. The summed E-state index contributed by atoms with van der Waals surface area (Å²) in [5.41, 5.74) is 10.9. The number of carbonyl (C=O) groups is 2. The Morgan fingerprint density at radius 3 is 2.68 bits per heavy atom. The molecule has 5 N–H and O–H groups in total. The van der Waals surface area contributed by atoms with Gasteiger partial charge in [-0.15, -0.1) is 4.28 Å². The van der Waals surface area contributed by atoms with Gasteiger partial charge in [-0.2, -0.15) is 13.5 Å². The summed E-state index contributed by atoms with van der Waals surface area (Å²) >= 11 is 0. The van der Waals surface area contributed by atoms with Crippen molar-refractivity contribution in [2.24, 2.45) is 11.5 Å². The normalized spacial score (nSPS) is 22.7. The maximum absolute atomic E-state index is 11.4. The summed E-state index contributed by atoms with van der Waals surface area (Å²) in [6.45, 7) is 1.52. The molecule has 1 aliphatic heterocycles. The fraction of sp³-hybridized carbons (Fsp3) is 0.556. The Kier molecular flexibility index (Phi) is 4.63. The van der Waals surface area contributed by atoms with E-state index >= 15 is 0 Å². The van der Waals surface area contributed by atoms with E-state index in [4.69, 9.17) is 16.0 Å². The van der Waals surface area contributed by atoms with Crippen LogP contribution in [0.1, 0.15) is 19.8 Å². The third-order valence-electron chi connectivity index (χ3n) is 2.63. The van der Waals surface area contributed by atoms with Crippen molar-refractivity contribution in [1.29, 1.82) is 0 Å². The molecule has 1 rings (SSSR count). The van der Waals surface area contributed by atoms with E-state index < -0.39 is 34.3 Å². The molecule has 9 nitrogen and oxygen atoms in total. The van der Waals surface area contributed by atoms with Crippen molar-refractivity contribution in [2.45, 2.75) is 31.8 Å². The molecule has 2 atom stereocenters. The lowest BCUT2D eigenvalue weighted by atomic mass is 10.1. The van der Waals surface area contributed by atoms with Crippen LogP contribution in [0.5, 0.6) is 0 Å². The predicted octanol–water partition coefficient (Wildman–Crippen LogP) is -1.53. The lowest BCUT2D eigenvalue weighted by Crippen LogP contribution is -2.39. The first-order chi connectivity index (χ1) is 8.61. The zero-order valence-electron chi connectivity index (χ0n) is 10.1. The monoisotopic (exact) mass is 293 g/mol. The van der Waals surface area contributed by atoms with Gasteiger partial charge in [-0.1, -0.05) is 6.08 Å². The molecule has 0 aromatic rings. The summed E-state index contributed by atoms with van der Waals surface area (Å²) in [6.07, 6.45) is 1.73. The summed E-state index contributed by atoms with van der Waals surface area (Å²) in [5.74, 6) is -1.35. The standard InChI is InChI=1S/C9H15N3O6S/c1-5(8(10)9(11)14)4-6-2-3-7(13)12(6)18-19(15,16)17/h4,6,8H,2-3,10H2,1H3,(H2,11,14)(H,15,16,17)/b5-4-/t6-,8-/m0/s1. The Hall–Kier alpha value is -1.49. The van der Waals surface area contributed by atoms with Gasteiger partial charge in [0.1, 0.15) is 6.04 Å². The minimum absolute atomic E-state index is 0.0514. The fourth-order valence-corrected chi connectivity index (χ4v) is 2.06. The van der Waals surface area contributed by atoms with Gasteiger partial charge in [0, 0.05) is 6.42 Å². The predicted molar refractivity (Wildman–Crippen MR) is 63.4 cm³/mol. The summed E-state index contributed by atoms with van der Waals surface area (Å²) in [7, 11) is -4.79. The quantitative estimate of drug-likeness (QED) is 0.410. The number of hydrogen-bond acceptors (Lipinski definition) is 6. The van der Waals surface area contributed by atoms with Gasteiger partial charge in [0.15, 0.2) is 0 Å². The summed E-state index contributed by atoms with van der Waals surface area (Å²) in [6, 6.07) is -1.77. The first-order valence-corrected chi connectivity index (χ1v) is 6.70. The number of primary amides is 1. The second kappa shape index (κ2) is 5.65. The Morgan fingerprint density at radius 1 is 1.63 bits per heavy atom. The third-order valence-corrected chi connectivity index (χ3v) is 2.98. The van der Waals surface area contributed by atoms with Crippen LogP contribution >= 0.6 is 0 Å². The van der Waals surface area contributed by atoms with E-state index in [1.165, 1.54) is 13.0 Å². The highest BCUT2D eigenvalue weighted by Gasteiger charge is 2.34. The first kappa shape index (κ1) is 15.6. The zero-order chi connectivity index (χ0) is 14.8. The van der Waals surface area contributed by atoms with Crippen LogP contribution in [0, 0.1) is 0 Å². The first-order valence-electron chi connectivity index (χ1n) is 5.34. The van der Waals surface area contributed by atoms with Crippen molar-refractivity contribution in [3.63, 3.8) is 0 Å². The highest BCUT2D eigenvalue weighted by atomic mass is 32.3. The van der Waals surface area contributed by atoms with Gasteiger partial charge in [-0.25, -0.2) is 0 Å². The van der Waals surface area contributed by atoms with Crippen LogP contribution in [0.4, 0.5) is 0 Å². The van der Waals surface area contributed by atoms with Crippen LogP contribution in [0.15, 0.2) is 11.6 Å². The lowest BCUT2D eigenvalue weighted by molar-refractivity contribution is -0.154. The number of carbonyl (C=O) groups excluding carboxylic acids is 2. The molecular weight excluding hydrogens is 278 g/mol. The molecule has 1 fully saturated rings. The van der Waals surface area contributed by atoms with Gasteiger partial charge in [0.05, 0.1) is 6.04 Å². The van der Waals surface area contributed by atoms with Crippen LogP contribution in [0.25, 0.3) is 0 Å². The van der Waals surface area contributed by atoms with E-state index in [1.54, 1.807) is 0 Å². The van der Waals surface area contributed by atoms with Gasteiger partial charge in [0.25, 0.3) is 0 Å². The highest BCUT2D eigenvalue weighted by Crippen LogP contribution is 2.22. The molecule has 1 saturated heterocycles. The van der Waals surface area contributed by atoms with Crippen LogP contribution < -0.4 is 11.5 Å². The van der Waals surface area contributed by atoms with E-state index in [2.05, 4.69) is 4.28 Å². The van der Waals surface area contributed by atoms with E-state index in [-0.39, 0.29) is 12.8 Å². The Labute approximate surface area is 110 Å². The molecule has 19 heavy (non-hydrogen) atoms. The van der Waals surface area contributed by atoms with Crippen molar-refractivity contribution >= 4 is 22.2 Å². The van der Waals surface area contributed by atoms with E-state index in [0.29, 0.717) is 10.6 Å². The van der Waals surface area contributed by atoms with Gasteiger partial charge in [-0.05, 0) is 18.9 Å². The Balaban J connectivity index is 2.90. The van der Waals surface area contributed by atoms with E-state index in [1.807, 2.05) is 0 Å². The number of hydroxylamine groups is 2. The van der Waals surface area contributed by atoms with Gasteiger partial charge in [-0.3, -0.25) is 14.1 Å². The smallest absolute Gasteiger partial charge is 0.368 e. The van der Waals surface area contributed by atoms with Crippen molar-refractivity contribution in [3.05, 3.63) is 11.6 Å². The molecule has 0 unspecified atom stereocenters. The maximum Gasteiger partial charge on any atom is 0.418 e. The number of nitrogens with zero attached hydrogens (tertiary/aromatic N) is 1. The molecule has 0 aromatic carbocycles. The molecule has 1 aliphatic rings. The number of hydrogen-bond donors (Lipinski definition) is 3. The maximum atomic E-state index is 11.4. The van der Waals surface area contributed by atoms with Crippen molar-refractivity contribution in [2.75, 3.05) is 0 Å². The average molecular weight is 293 g/mol. The molecule has 0 aliphatic carbocycles. The molecule has 10 heteroatoms. The van der Waals surface area contributed by atoms with Gasteiger partial charge in [0.2, 0.25) is 11.8 Å². The molecule has 0 radical (unpaired) electrons. The van der Waals surface area contributed by atoms with Gasteiger partial charge >= 0.3 is 10.4 Å². The average Bonchev–Trinajstić information content (AvgIpc) is 2.58. The molecule has 1 heterocycles. The zero-order valence-corrected chi connectivity index (χ0v) is 11.0. The summed E-state index contributed by atoms with van der Waals surface area (Å²) in [4.78, 5) is 22.3. The van der Waals surface area contributed by atoms with Crippen molar-refractivity contribution < 1.29 is 26.8 Å². The Morgan fingerprint density at radius 2 is 2.21 bits per heavy atom. The fourth-order valence-electron chi connectivity index (χ4n) is 1.66. The molecular formula is C9H15N3O6S. The van der Waals surface area contributed by atoms with Crippen LogP contribution in [0.3, 0.4) is 0 Å². The van der Waals surface area contributed by atoms with Crippen LogP contribution in [-0.4, -0.2) is 41.9 Å². The highest BCUT2D eigenvalue weighted by molar-refractivity contribution is 7.80. The van der Waals surface area contributed by atoms with E-state index in [9.17, 15) is 18.0 Å².